The minimum atomic E-state index is -0.419. The van der Waals surface area contributed by atoms with Crippen LogP contribution in [0.2, 0.25) is 0 Å². The predicted octanol–water partition coefficient (Wildman–Crippen LogP) is 3.57. The first kappa shape index (κ1) is 22.6. The third kappa shape index (κ3) is 5.73. The van der Waals surface area contributed by atoms with Gasteiger partial charge in [0.05, 0.1) is 11.4 Å². The van der Waals surface area contributed by atoms with Crippen molar-refractivity contribution >= 4 is 23.6 Å². The molecule has 162 valence electrons. The number of benzene rings is 2. The van der Waals surface area contributed by atoms with Gasteiger partial charge in [0.1, 0.15) is 5.82 Å². The summed E-state index contributed by atoms with van der Waals surface area (Å²) in [6.45, 7) is 6.29. The van der Waals surface area contributed by atoms with E-state index < -0.39 is 5.82 Å². The number of carbonyl (C=O) groups is 2. The van der Waals surface area contributed by atoms with E-state index in [-0.39, 0.29) is 36.2 Å². The number of halogens is 1. The average molecular weight is 441 g/mol. The van der Waals surface area contributed by atoms with Crippen molar-refractivity contribution in [2.45, 2.75) is 25.9 Å². The van der Waals surface area contributed by atoms with E-state index in [0.717, 1.165) is 16.4 Å². The molecule has 0 atom stereocenters. The van der Waals surface area contributed by atoms with E-state index in [0.29, 0.717) is 5.56 Å². The molecule has 0 fully saturated rings. The Hall–Kier alpha value is -3.13. The summed E-state index contributed by atoms with van der Waals surface area (Å²) in [5.74, 6) is -0.745. The van der Waals surface area contributed by atoms with E-state index in [1.165, 1.54) is 23.4 Å². The molecule has 2 aromatic carbocycles. The lowest BCUT2D eigenvalue weighted by atomic mass is 10.1. The third-order valence-corrected chi connectivity index (χ3v) is 5.91. The second-order valence-electron chi connectivity index (χ2n) is 7.16. The van der Waals surface area contributed by atoms with Crippen molar-refractivity contribution in [3.05, 3.63) is 76.9 Å². The number of carbonyl (C=O) groups excluding carboxylic acids is 2. The third-order valence-electron chi connectivity index (χ3n) is 4.94. The molecule has 0 spiro atoms. The Morgan fingerprint density at radius 3 is 2.61 bits per heavy atom. The molecule has 3 aromatic rings. The van der Waals surface area contributed by atoms with E-state index in [1.54, 1.807) is 25.3 Å². The molecule has 1 heterocycles. The molecule has 2 N–H and O–H groups in total. The minimum Gasteiger partial charge on any atom is -0.354 e. The zero-order valence-corrected chi connectivity index (χ0v) is 18.6. The Labute approximate surface area is 185 Å². The molecule has 0 unspecified atom stereocenters. The average Bonchev–Trinajstić information content (AvgIpc) is 3.22. The minimum absolute atomic E-state index is 0.156. The summed E-state index contributed by atoms with van der Waals surface area (Å²) in [5.41, 5.74) is 4.13. The number of hydrogen-bond donors (Lipinski definition) is 2. The quantitative estimate of drug-likeness (QED) is 0.415. The summed E-state index contributed by atoms with van der Waals surface area (Å²) >= 11 is 1.35. The van der Waals surface area contributed by atoms with Gasteiger partial charge < -0.3 is 10.6 Å². The van der Waals surface area contributed by atoms with E-state index in [4.69, 9.17) is 0 Å². The fourth-order valence-corrected chi connectivity index (χ4v) is 3.77. The van der Waals surface area contributed by atoms with Crippen molar-refractivity contribution in [1.82, 2.24) is 20.2 Å². The number of nitrogens with zero attached hydrogens (tertiary/aromatic N) is 2. The molecule has 31 heavy (non-hydrogen) atoms. The van der Waals surface area contributed by atoms with Crippen molar-refractivity contribution in [1.29, 1.82) is 0 Å². The lowest BCUT2D eigenvalue weighted by molar-refractivity contribution is -0.118. The van der Waals surface area contributed by atoms with Crippen molar-refractivity contribution in [3.63, 3.8) is 0 Å². The normalized spacial score (nSPS) is 10.7. The molecule has 0 saturated heterocycles. The van der Waals surface area contributed by atoms with Gasteiger partial charge in [-0.3, -0.25) is 14.2 Å². The van der Waals surface area contributed by atoms with Crippen LogP contribution in [0.1, 0.15) is 27.0 Å². The van der Waals surface area contributed by atoms with Crippen LogP contribution in [0.4, 0.5) is 4.39 Å². The van der Waals surface area contributed by atoms with Gasteiger partial charge in [0.2, 0.25) is 5.91 Å². The van der Waals surface area contributed by atoms with Crippen LogP contribution in [-0.4, -0.2) is 40.2 Å². The number of aryl methyl sites for hydroxylation is 2. The van der Waals surface area contributed by atoms with Crippen LogP contribution >= 0.6 is 11.8 Å². The van der Waals surface area contributed by atoms with Crippen LogP contribution < -0.4 is 10.6 Å². The molecule has 0 aliphatic rings. The molecule has 1 aromatic heterocycles. The zero-order valence-electron chi connectivity index (χ0n) is 17.7. The summed E-state index contributed by atoms with van der Waals surface area (Å²) in [5, 5.41) is 6.17. The Balaban J connectivity index is 1.45. The summed E-state index contributed by atoms with van der Waals surface area (Å²) in [7, 11) is 0. The van der Waals surface area contributed by atoms with E-state index in [9.17, 15) is 14.0 Å². The van der Waals surface area contributed by atoms with Crippen molar-refractivity contribution in [3.8, 4) is 5.69 Å². The van der Waals surface area contributed by atoms with Crippen LogP contribution in [0.5, 0.6) is 0 Å². The molecule has 0 aliphatic carbocycles. The highest BCUT2D eigenvalue weighted by Crippen LogP contribution is 2.24. The largest absolute Gasteiger partial charge is 0.354 e. The fraction of sp³-hybridized carbons (Fsp3) is 0.261. The van der Waals surface area contributed by atoms with Gasteiger partial charge in [0, 0.05) is 31.0 Å². The molecule has 2 amide bonds. The molecule has 0 radical (unpaired) electrons. The lowest BCUT2D eigenvalue weighted by Gasteiger charge is -2.12. The van der Waals surface area contributed by atoms with Crippen LogP contribution in [0, 0.1) is 26.6 Å². The number of amides is 2. The van der Waals surface area contributed by atoms with Crippen molar-refractivity contribution < 1.29 is 14.0 Å². The Morgan fingerprint density at radius 1 is 1.06 bits per heavy atom. The molecule has 8 heteroatoms. The van der Waals surface area contributed by atoms with Gasteiger partial charge in [0.25, 0.3) is 5.91 Å². The van der Waals surface area contributed by atoms with E-state index >= 15 is 0 Å². The molecule has 3 rings (SSSR count). The first-order valence-electron chi connectivity index (χ1n) is 9.90. The smallest absolute Gasteiger partial charge is 0.251 e. The predicted molar refractivity (Wildman–Crippen MR) is 120 cm³/mol. The first-order chi connectivity index (χ1) is 14.9. The van der Waals surface area contributed by atoms with Gasteiger partial charge in [0.15, 0.2) is 5.16 Å². The first-order valence-corrected chi connectivity index (χ1v) is 10.9. The Kier molecular flexibility index (Phi) is 7.46. The second-order valence-corrected chi connectivity index (χ2v) is 8.10. The summed E-state index contributed by atoms with van der Waals surface area (Å²) in [6.07, 6.45) is 3.59. The SMILES string of the molecule is Cc1ccc(C(=O)NCCNC(=O)CSc2nccn2-c2cccc(C)c2C)cc1F. The highest BCUT2D eigenvalue weighted by atomic mass is 32.2. The Bertz CT molecular complexity index is 1100. The van der Waals surface area contributed by atoms with Gasteiger partial charge in [-0.2, -0.15) is 0 Å². The lowest BCUT2D eigenvalue weighted by Crippen LogP contribution is -2.35. The van der Waals surface area contributed by atoms with E-state index in [2.05, 4.69) is 35.5 Å². The summed E-state index contributed by atoms with van der Waals surface area (Å²) in [4.78, 5) is 28.6. The molecule has 0 aliphatic heterocycles. The zero-order chi connectivity index (χ0) is 22.4. The van der Waals surface area contributed by atoms with Crippen LogP contribution in [0.3, 0.4) is 0 Å². The highest BCUT2D eigenvalue weighted by Gasteiger charge is 2.12. The molecular formula is C23H25FN4O2S. The van der Waals surface area contributed by atoms with Gasteiger partial charge in [-0.15, -0.1) is 0 Å². The topological polar surface area (TPSA) is 76.0 Å². The van der Waals surface area contributed by atoms with Gasteiger partial charge in [-0.25, -0.2) is 9.37 Å². The van der Waals surface area contributed by atoms with Gasteiger partial charge >= 0.3 is 0 Å². The van der Waals surface area contributed by atoms with Gasteiger partial charge in [-0.05, 0) is 55.7 Å². The summed E-state index contributed by atoms with van der Waals surface area (Å²) in [6, 6.07) is 10.4. The highest BCUT2D eigenvalue weighted by molar-refractivity contribution is 7.99. The number of imidazole rings is 1. The molecule has 0 bridgehead atoms. The maximum atomic E-state index is 13.6. The van der Waals surface area contributed by atoms with Crippen LogP contribution in [0.15, 0.2) is 53.9 Å². The summed E-state index contributed by atoms with van der Waals surface area (Å²) < 4.78 is 15.5. The number of hydrogen-bond acceptors (Lipinski definition) is 4. The van der Waals surface area contributed by atoms with Crippen molar-refractivity contribution in [2.24, 2.45) is 0 Å². The maximum absolute atomic E-state index is 13.6. The standard InChI is InChI=1S/C23H25FN4O2S/c1-15-5-4-6-20(17(15)3)28-12-11-27-23(28)31-14-21(29)25-9-10-26-22(30)18-8-7-16(2)19(24)13-18/h4-8,11-13H,9-10,14H2,1-3H3,(H,25,29)(H,26,30). The molecule has 0 saturated carbocycles. The number of rotatable bonds is 8. The Morgan fingerprint density at radius 2 is 1.84 bits per heavy atom. The van der Waals surface area contributed by atoms with Gasteiger partial charge in [-0.1, -0.05) is 30.0 Å². The monoisotopic (exact) mass is 440 g/mol. The number of aromatic nitrogens is 2. The second kappa shape index (κ2) is 10.3. The van der Waals surface area contributed by atoms with E-state index in [1.807, 2.05) is 22.9 Å². The maximum Gasteiger partial charge on any atom is 0.251 e. The molecular weight excluding hydrogens is 415 g/mol. The van der Waals surface area contributed by atoms with Crippen LogP contribution in [-0.2, 0) is 4.79 Å². The number of thioether (sulfide) groups is 1. The molecule has 6 nitrogen and oxygen atoms in total. The van der Waals surface area contributed by atoms with Crippen LogP contribution in [0.25, 0.3) is 5.69 Å². The number of nitrogens with one attached hydrogen (secondary N) is 2. The van der Waals surface area contributed by atoms with Crippen molar-refractivity contribution in [2.75, 3.05) is 18.8 Å². The fourth-order valence-electron chi connectivity index (χ4n) is 2.97.